The van der Waals surface area contributed by atoms with Gasteiger partial charge in [-0.2, -0.15) is 0 Å². The van der Waals surface area contributed by atoms with E-state index in [1.165, 1.54) is 6.07 Å². The number of hydrogen-bond acceptors (Lipinski definition) is 11. The number of rotatable bonds is 7. The van der Waals surface area contributed by atoms with Gasteiger partial charge < -0.3 is 39.0 Å². The Labute approximate surface area is 304 Å². The van der Waals surface area contributed by atoms with Gasteiger partial charge in [0.2, 0.25) is 5.78 Å². The number of carbonyl (C=O) groups is 2. The third kappa shape index (κ3) is 6.05. The summed E-state index contributed by atoms with van der Waals surface area (Å²) in [5.41, 5.74) is -0.0633. The van der Waals surface area contributed by atoms with Gasteiger partial charge in [0.05, 0.1) is 53.1 Å². The van der Waals surface area contributed by atoms with Gasteiger partial charge in [-0.15, -0.1) is 0 Å². The monoisotopic (exact) mass is 716 g/mol. The fraction of sp³-hybridized carbons (Fsp3) is 0.537. The minimum absolute atomic E-state index is 0.0165. The van der Waals surface area contributed by atoms with Crippen LogP contribution < -0.4 is 5.43 Å². The molecule has 0 amide bonds. The maximum atomic E-state index is 15.0. The molecule has 3 heterocycles. The number of aryl methyl sites for hydroxylation is 1. The molecule has 0 radical (unpaired) electrons. The van der Waals surface area contributed by atoms with Crippen molar-refractivity contribution in [2.75, 3.05) is 28.2 Å². The predicted octanol–water partition coefficient (Wildman–Crippen LogP) is 5.32. The number of aromatic hydroxyl groups is 1. The Morgan fingerprint density at radius 1 is 0.942 bits per heavy atom. The molecule has 1 aliphatic carbocycles. The normalized spacial score (nSPS) is 30.0. The number of hydrogen-bond donors (Lipinski definition) is 3. The maximum Gasteiger partial charge on any atom is 0.202 e. The quantitative estimate of drug-likeness (QED) is 0.213. The number of benzene rings is 2. The molecular formula is C41H52N2O9. The van der Waals surface area contributed by atoms with E-state index in [0.717, 1.165) is 0 Å². The lowest BCUT2D eigenvalue weighted by molar-refractivity contribution is -0.176. The Morgan fingerprint density at radius 3 is 2.25 bits per heavy atom. The topological polar surface area (TPSA) is 150 Å². The molecule has 3 aromatic rings. The molecule has 9 atom stereocenters. The lowest BCUT2D eigenvalue weighted by Crippen LogP contribution is -2.59. The van der Waals surface area contributed by atoms with Gasteiger partial charge in [-0.1, -0.05) is 19.1 Å². The Balaban J connectivity index is 1.63. The van der Waals surface area contributed by atoms with Gasteiger partial charge in [-0.3, -0.25) is 14.4 Å². The number of ketones is 2. The zero-order valence-electron chi connectivity index (χ0n) is 31.8. The Bertz CT molecular complexity index is 2020. The molecule has 11 heteroatoms. The van der Waals surface area contributed by atoms with Crippen LogP contribution in [0.15, 0.2) is 39.6 Å². The van der Waals surface area contributed by atoms with Crippen molar-refractivity contribution >= 4 is 22.5 Å². The van der Waals surface area contributed by atoms with Gasteiger partial charge in [-0.05, 0) is 105 Å². The van der Waals surface area contributed by atoms with Crippen LogP contribution in [0.2, 0.25) is 0 Å². The average Bonchev–Trinajstić information content (AvgIpc) is 3.08. The zero-order chi connectivity index (χ0) is 38.1. The third-order valence-electron chi connectivity index (χ3n) is 11.9. The molecule has 0 saturated carbocycles. The summed E-state index contributed by atoms with van der Waals surface area (Å²) in [5.74, 6) is -1.35. The van der Waals surface area contributed by atoms with Crippen molar-refractivity contribution in [3.63, 3.8) is 0 Å². The summed E-state index contributed by atoms with van der Waals surface area (Å²) in [6, 6.07) is 4.38. The SMILES string of the molecule is C/C=C\C[C@@H](C)c1cc(=O)c2c(C)cc3c(c2o1)C(=O)c1c(O)c([C@@H]2C[C@](C)(N(C)C)[C@H](O)[C@H](C)O2)cc([C@H]2C[C@H](N(C)C)[C@H](O)[C@@H](C)O2)c1C3=O. The van der Waals surface area contributed by atoms with Crippen molar-refractivity contribution in [3.05, 3.63) is 85.3 Å². The molecule has 2 fully saturated rings. The molecule has 11 nitrogen and oxygen atoms in total. The molecule has 2 saturated heterocycles. The molecule has 0 bridgehead atoms. The second-order valence-electron chi connectivity index (χ2n) is 15.7. The minimum Gasteiger partial charge on any atom is -0.507 e. The minimum atomic E-state index is -0.847. The van der Waals surface area contributed by atoms with E-state index in [1.54, 1.807) is 32.9 Å². The highest BCUT2D eigenvalue weighted by Gasteiger charge is 2.49. The van der Waals surface area contributed by atoms with Crippen LogP contribution >= 0.6 is 0 Å². The first-order valence-electron chi connectivity index (χ1n) is 18.1. The van der Waals surface area contributed by atoms with E-state index in [2.05, 4.69) is 0 Å². The number of ether oxygens (including phenoxy) is 2. The number of fused-ring (bicyclic) bond motifs is 4. The van der Waals surface area contributed by atoms with Crippen LogP contribution in [0.5, 0.6) is 5.75 Å². The zero-order valence-corrected chi connectivity index (χ0v) is 31.8. The van der Waals surface area contributed by atoms with E-state index < -0.39 is 59.5 Å². The second kappa shape index (κ2) is 13.9. The number of phenolic OH excluding ortho intramolecular Hbond substituents is 1. The highest BCUT2D eigenvalue weighted by molar-refractivity contribution is 6.33. The van der Waals surface area contributed by atoms with Crippen LogP contribution in [0.4, 0.5) is 0 Å². The largest absolute Gasteiger partial charge is 0.507 e. The summed E-state index contributed by atoms with van der Waals surface area (Å²) in [4.78, 5) is 47.3. The van der Waals surface area contributed by atoms with Crippen molar-refractivity contribution < 1.29 is 38.8 Å². The number of nitrogens with zero attached hydrogens (tertiary/aromatic N) is 2. The molecule has 0 unspecified atom stereocenters. The summed E-state index contributed by atoms with van der Waals surface area (Å²) in [7, 11) is 7.47. The first kappa shape index (κ1) is 38.0. The summed E-state index contributed by atoms with van der Waals surface area (Å²) in [6.45, 7) is 11.0. The first-order valence-corrected chi connectivity index (χ1v) is 18.1. The highest BCUT2D eigenvalue weighted by atomic mass is 16.5. The van der Waals surface area contributed by atoms with Gasteiger partial charge in [0, 0.05) is 40.3 Å². The predicted molar refractivity (Wildman–Crippen MR) is 197 cm³/mol. The van der Waals surface area contributed by atoms with Crippen LogP contribution in [0.25, 0.3) is 11.0 Å². The fourth-order valence-corrected chi connectivity index (χ4v) is 8.38. The van der Waals surface area contributed by atoms with E-state index in [-0.39, 0.29) is 62.6 Å². The fourth-order valence-electron chi connectivity index (χ4n) is 8.38. The van der Waals surface area contributed by atoms with Crippen LogP contribution in [0.3, 0.4) is 0 Å². The highest BCUT2D eigenvalue weighted by Crippen LogP contribution is 2.49. The number of carbonyl (C=O) groups excluding carboxylic acids is 2. The molecule has 6 rings (SSSR count). The molecule has 2 aromatic carbocycles. The summed E-state index contributed by atoms with van der Waals surface area (Å²) >= 11 is 0. The number of allylic oxidation sites excluding steroid dienone is 2. The standard InChI is InChI=1S/C41H52N2O9/c1-11-12-13-19(2)28-17-27(44)31-20(3)14-25-33(39(31)52-28)38(48)34-32(37(25)47)23(29-16-26(42(7)8)35(45)21(4)50-29)15-24(36(34)46)30-18-41(6,43(9)10)40(49)22(5)51-30/h11-12,14-15,17,19,21-22,26,29-30,35,40,45-46,49H,13,16,18H2,1-10H3/b12-11-/t19-,21-,22+,26+,29-,30+,35-,40-,41+/m1/s1. The van der Waals surface area contributed by atoms with Gasteiger partial charge in [0.25, 0.3) is 0 Å². The average molecular weight is 717 g/mol. The maximum absolute atomic E-state index is 15.0. The first-order chi connectivity index (χ1) is 24.4. The summed E-state index contributed by atoms with van der Waals surface area (Å²) in [5, 5.41) is 34.7. The second-order valence-corrected chi connectivity index (χ2v) is 15.7. The van der Waals surface area contributed by atoms with Crippen molar-refractivity contribution in [3.8, 4) is 5.75 Å². The Hall–Kier alpha value is -3.71. The molecule has 1 aromatic heterocycles. The van der Waals surface area contributed by atoms with Crippen LogP contribution in [-0.4, -0.2) is 101 Å². The van der Waals surface area contributed by atoms with E-state index in [0.29, 0.717) is 29.7 Å². The van der Waals surface area contributed by atoms with Crippen molar-refractivity contribution in [2.24, 2.45) is 0 Å². The van der Waals surface area contributed by atoms with E-state index in [9.17, 15) is 24.9 Å². The molecule has 3 aliphatic rings. The van der Waals surface area contributed by atoms with E-state index >= 15 is 4.79 Å². The number of phenols is 1. The molecular weight excluding hydrogens is 664 g/mol. The van der Waals surface area contributed by atoms with Crippen LogP contribution in [-0.2, 0) is 9.47 Å². The lowest BCUT2D eigenvalue weighted by Gasteiger charge is -2.49. The third-order valence-corrected chi connectivity index (χ3v) is 11.9. The van der Waals surface area contributed by atoms with Gasteiger partial charge >= 0.3 is 0 Å². The number of aliphatic hydroxyl groups excluding tert-OH is 2. The smallest absolute Gasteiger partial charge is 0.202 e. The lowest BCUT2D eigenvalue weighted by atomic mass is 9.74. The summed E-state index contributed by atoms with van der Waals surface area (Å²) in [6.07, 6.45) is 0.650. The Kier molecular flexibility index (Phi) is 10.2. The van der Waals surface area contributed by atoms with Gasteiger partial charge in [0.1, 0.15) is 17.1 Å². The summed E-state index contributed by atoms with van der Waals surface area (Å²) < 4.78 is 19.2. The van der Waals surface area contributed by atoms with Crippen molar-refractivity contribution in [2.45, 2.75) is 115 Å². The van der Waals surface area contributed by atoms with E-state index in [1.807, 2.05) is 70.9 Å². The van der Waals surface area contributed by atoms with Crippen LogP contribution in [0.1, 0.15) is 126 Å². The van der Waals surface area contributed by atoms with Gasteiger partial charge in [-0.25, -0.2) is 0 Å². The van der Waals surface area contributed by atoms with E-state index in [4.69, 9.17) is 13.9 Å². The number of likely N-dealkylation sites (N-methyl/N-ethyl adjacent to an activating group) is 2. The van der Waals surface area contributed by atoms with Crippen molar-refractivity contribution in [1.82, 2.24) is 9.80 Å². The molecule has 52 heavy (non-hydrogen) atoms. The van der Waals surface area contributed by atoms with Gasteiger partial charge in [0.15, 0.2) is 11.2 Å². The van der Waals surface area contributed by atoms with Crippen molar-refractivity contribution in [1.29, 1.82) is 0 Å². The van der Waals surface area contributed by atoms with Crippen LogP contribution in [0, 0.1) is 6.92 Å². The molecule has 3 N–H and O–H groups in total. The number of aliphatic hydroxyl groups is 2. The molecule has 2 aliphatic heterocycles. The molecule has 280 valence electrons. The Morgan fingerprint density at radius 2 is 1.62 bits per heavy atom. The molecule has 0 spiro atoms.